The lowest BCUT2D eigenvalue weighted by atomic mass is 9.45. The Balaban J connectivity index is 1.62. The van der Waals surface area contributed by atoms with Crippen molar-refractivity contribution in [3.05, 3.63) is 0 Å². The lowest BCUT2D eigenvalue weighted by Crippen LogP contribution is -2.53. The molecule has 0 radical (unpaired) electrons. The lowest BCUT2D eigenvalue weighted by Gasteiger charge is -2.60. The van der Waals surface area contributed by atoms with Crippen molar-refractivity contribution in [3.8, 4) is 0 Å². The molecule has 0 amide bonds. The molecular formula is C19H32O. The number of aliphatic hydroxyl groups is 1. The minimum Gasteiger partial charge on any atom is -0.393 e. The molecule has 1 nitrogen and oxygen atoms in total. The molecule has 4 saturated carbocycles. The van der Waals surface area contributed by atoms with Crippen LogP contribution in [0.1, 0.15) is 78.1 Å². The van der Waals surface area contributed by atoms with Crippen LogP contribution in [-0.4, -0.2) is 11.2 Å². The Hall–Kier alpha value is -0.0400. The van der Waals surface area contributed by atoms with Crippen molar-refractivity contribution in [2.75, 3.05) is 0 Å². The first-order valence-corrected chi connectivity index (χ1v) is 9.21. The second-order valence-corrected chi connectivity index (χ2v) is 9.17. The Morgan fingerprint density at radius 1 is 0.850 bits per heavy atom. The summed E-state index contributed by atoms with van der Waals surface area (Å²) in [5, 5.41) is 10.0. The van der Waals surface area contributed by atoms with Crippen LogP contribution in [-0.2, 0) is 0 Å². The van der Waals surface area contributed by atoms with Gasteiger partial charge in [0.25, 0.3) is 0 Å². The molecule has 4 aliphatic rings. The quantitative estimate of drug-likeness (QED) is 0.675. The highest BCUT2D eigenvalue weighted by Gasteiger charge is 2.57. The molecule has 7 atom stereocenters. The summed E-state index contributed by atoms with van der Waals surface area (Å²) in [6.45, 7) is 5.19. The third-order valence-electron chi connectivity index (χ3n) is 8.42. The largest absolute Gasteiger partial charge is 0.393 e. The van der Waals surface area contributed by atoms with E-state index < -0.39 is 0 Å². The van der Waals surface area contributed by atoms with Crippen LogP contribution in [0, 0.1) is 34.5 Å². The van der Waals surface area contributed by atoms with E-state index in [9.17, 15) is 5.11 Å². The maximum Gasteiger partial charge on any atom is 0.0543 e. The highest BCUT2D eigenvalue weighted by molar-refractivity contribution is 5.07. The molecule has 1 heteroatoms. The molecule has 0 aliphatic heterocycles. The first-order valence-electron chi connectivity index (χ1n) is 9.21. The topological polar surface area (TPSA) is 20.2 Å². The van der Waals surface area contributed by atoms with Gasteiger partial charge in [-0.15, -0.1) is 0 Å². The van der Waals surface area contributed by atoms with Gasteiger partial charge in [0, 0.05) is 0 Å². The normalized spacial score (nSPS) is 58.6. The van der Waals surface area contributed by atoms with Crippen LogP contribution < -0.4 is 0 Å². The molecule has 114 valence electrons. The van der Waals surface area contributed by atoms with Crippen LogP contribution in [0.3, 0.4) is 0 Å². The molecule has 4 fully saturated rings. The van der Waals surface area contributed by atoms with Crippen molar-refractivity contribution in [2.45, 2.75) is 84.2 Å². The number of hydrogen-bond donors (Lipinski definition) is 1. The van der Waals surface area contributed by atoms with Crippen molar-refractivity contribution >= 4 is 0 Å². The molecule has 0 aromatic rings. The van der Waals surface area contributed by atoms with E-state index in [-0.39, 0.29) is 6.10 Å². The van der Waals surface area contributed by atoms with Crippen LogP contribution in [0.2, 0.25) is 0 Å². The van der Waals surface area contributed by atoms with Crippen LogP contribution in [0.25, 0.3) is 0 Å². The minimum absolute atomic E-state index is 0.00459. The fourth-order valence-corrected chi connectivity index (χ4v) is 7.23. The lowest BCUT2D eigenvalue weighted by molar-refractivity contribution is -0.120. The average Bonchev–Trinajstić information content (AvgIpc) is 2.81. The average molecular weight is 276 g/mol. The van der Waals surface area contributed by atoms with E-state index in [2.05, 4.69) is 13.8 Å². The molecule has 0 heterocycles. The summed E-state index contributed by atoms with van der Waals surface area (Å²) in [7, 11) is 0. The summed E-state index contributed by atoms with van der Waals surface area (Å²) in [5.74, 6) is 3.85. The van der Waals surface area contributed by atoms with Crippen LogP contribution in [0.15, 0.2) is 0 Å². The number of fused-ring (bicyclic) bond motifs is 5. The predicted molar refractivity (Wildman–Crippen MR) is 82.4 cm³/mol. The van der Waals surface area contributed by atoms with Crippen LogP contribution in [0.4, 0.5) is 0 Å². The van der Waals surface area contributed by atoms with Crippen LogP contribution in [0.5, 0.6) is 0 Å². The Labute approximate surface area is 124 Å². The Kier molecular flexibility index (Phi) is 3.05. The first-order chi connectivity index (χ1) is 9.53. The van der Waals surface area contributed by atoms with Gasteiger partial charge < -0.3 is 5.11 Å². The van der Waals surface area contributed by atoms with E-state index in [0.29, 0.717) is 10.8 Å². The molecule has 4 rings (SSSR count). The zero-order valence-electron chi connectivity index (χ0n) is 13.4. The van der Waals surface area contributed by atoms with Gasteiger partial charge in [-0.2, -0.15) is 0 Å². The van der Waals surface area contributed by atoms with Gasteiger partial charge in [0.05, 0.1) is 6.10 Å². The fourth-order valence-electron chi connectivity index (χ4n) is 7.23. The van der Waals surface area contributed by atoms with Gasteiger partial charge in [0.1, 0.15) is 0 Å². The van der Waals surface area contributed by atoms with E-state index in [0.717, 1.165) is 36.5 Å². The molecule has 0 aromatic carbocycles. The zero-order chi connectivity index (χ0) is 14.0. The molecule has 0 saturated heterocycles. The van der Waals surface area contributed by atoms with Gasteiger partial charge in [-0.25, -0.2) is 0 Å². The monoisotopic (exact) mass is 276 g/mol. The number of rotatable bonds is 0. The van der Waals surface area contributed by atoms with Gasteiger partial charge in [0.2, 0.25) is 0 Å². The van der Waals surface area contributed by atoms with Crippen molar-refractivity contribution < 1.29 is 5.11 Å². The van der Waals surface area contributed by atoms with E-state index in [1.165, 1.54) is 51.4 Å². The van der Waals surface area contributed by atoms with Gasteiger partial charge in [-0.1, -0.05) is 20.3 Å². The Bertz CT molecular complexity index is 391. The molecule has 0 spiro atoms. The molecule has 1 N–H and O–H groups in total. The van der Waals surface area contributed by atoms with Crippen LogP contribution >= 0.6 is 0 Å². The summed E-state index contributed by atoms with van der Waals surface area (Å²) in [4.78, 5) is 0. The highest BCUT2D eigenvalue weighted by Crippen LogP contribution is 2.66. The first kappa shape index (κ1) is 13.6. The van der Waals surface area contributed by atoms with E-state index in [4.69, 9.17) is 0 Å². The zero-order valence-corrected chi connectivity index (χ0v) is 13.4. The summed E-state index contributed by atoms with van der Waals surface area (Å²) in [6, 6.07) is 0. The van der Waals surface area contributed by atoms with Crippen molar-refractivity contribution in [1.82, 2.24) is 0 Å². The molecule has 4 aliphatic carbocycles. The highest BCUT2D eigenvalue weighted by atomic mass is 16.3. The van der Waals surface area contributed by atoms with Gasteiger partial charge in [-0.05, 0) is 92.3 Å². The van der Waals surface area contributed by atoms with Crippen molar-refractivity contribution in [2.24, 2.45) is 34.5 Å². The number of hydrogen-bond acceptors (Lipinski definition) is 1. The van der Waals surface area contributed by atoms with E-state index in [1.54, 1.807) is 0 Å². The summed E-state index contributed by atoms with van der Waals surface area (Å²) in [6.07, 6.45) is 13.8. The third kappa shape index (κ3) is 1.77. The molecule has 20 heavy (non-hydrogen) atoms. The van der Waals surface area contributed by atoms with E-state index in [1.807, 2.05) is 0 Å². The molecular weight excluding hydrogens is 244 g/mol. The van der Waals surface area contributed by atoms with Crippen molar-refractivity contribution in [1.29, 1.82) is 0 Å². The predicted octanol–water partition coefficient (Wildman–Crippen LogP) is 4.78. The SMILES string of the molecule is C[C@@]12CCCC1C1CC[C@@H]3C[C@@H](O)CC[C@]3(C)C1CC2. The molecule has 0 bridgehead atoms. The Morgan fingerprint density at radius 3 is 2.55 bits per heavy atom. The summed E-state index contributed by atoms with van der Waals surface area (Å²) < 4.78 is 0. The van der Waals surface area contributed by atoms with Crippen molar-refractivity contribution in [3.63, 3.8) is 0 Å². The standard InChI is InChI=1S/C19H32O/c1-18-9-3-4-16(18)15-6-5-13-12-14(20)7-11-19(13,2)17(15)8-10-18/h13-17,20H,3-12H2,1-2H3/t13-,14+,15?,16?,17?,18+,19+/m1/s1. The third-order valence-corrected chi connectivity index (χ3v) is 8.42. The number of aliphatic hydroxyl groups excluding tert-OH is 1. The van der Waals surface area contributed by atoms with Gasteiger partial charge in [-0.3, -0.25) is 0 Å². The second-order valence-electron chi connectivity index (χ2n) is 9.17. The Morgan fingerprint density at radius 2 is 1.70 bits per heavy atom. The fraction of sp³-hybridized carbons (Fsp3) is 1.00. The smallest absolute Gasteiger partial charge is 0.0543 e. The minimum atomic E-state index is 0.00459. The van der Waals surface area contributed by atoms with Gasteiger partial charge in [0.15, 0.2) is 0 Å². The molecule has 3 unspecified atom stereocenters. The second kappa shape index (κ2) is 4.48. The summed E-state index contributed by atoms with van der Waals surface area (Å²) in [5.41, 5.74) is 1.25. The van der Waals surface area contributed by atoms with E-state index >= 15 is 0 Å². The molecule has 0 aromatic heterocycles. The maximum absolute atomic E-state index is 10.0. The maximum atomic E-state index is 10.0. The van der Waals surface area contributed by atoms with Gasteiger partial charge >= 0.3 is 0 Å². The summed E-state index contributed by atoms with van der Waals surface area (Å²) >= 11 is 0.